The predicted molar refractivity (Wildman–Crippen MR) is 84.4 cm³/mol. The Balaban J connectivity index is 1.73. The number of nitrogens with two attached hydrogens (primary N) is 1. The second kappa shape index (κ2) is 8.36. The summed E-state index contributed by atoms with van der Waals surface area (Å²) in [5.41, 5.74) is 5.23. The normalized spacial score (nSPS) is 27.0. The maximum absolute atomic E-state index is 12.3. The zero-order chi connectivity index (χ0) is 15.9. The fraction of sp³-hybridized carbons (Fsp3) is 0.875. The van der Waals surface area contributed by atoms with Crippen LogP contribution in [0.3, 0.4) is 0 Å². The van der Waals surface area contributed by atoms with Gasteiger partial charge in [-0.25, -0.2) is 4.79 Å². The summed E-state index contributed by atoms with van der Waals surface area (Å²) in [6, 6.07) is 0.292. The van der Waals surface area contributed by atoms with Crippen molar-refractivity contribution >= 4 is 11.9 Å². The Morgan fingerprint density at radius 1 is 1.09 bits per heavy atom. The van der Waals surface area contributed by atoms with E-state index < -0.39 is 12.0 Å². The van der Waals surface area contributed by atoms with Crippen molar-refractivity contribution in [3.05, 3.63) is 0 Å². The molecule has 1 aliphatic heterocycles. The summed E-state index contributed by atoms with van der Waals surface area (Å²) in [6.45, 7) is 0.444. The van der Waals surface area contributed by atoms with Crippen LogP contribution in [0.1, 0.15) is 57.8 Å². The largest absolute Gasteiger partial charge is 0.367 e. The number of carbonyl (C=O) groups excluding carboxylic acids is 2. The molecule has 6 nitrogen and oxygen atoms in total. The van der Waals surface area contributed by atoms with Crippen molar-refractivity contribution in [2.24, 2.45) is 5.73 Å². The summed E-state index contributed by atoms with van der Waals surface area (Å²) in [5.74, 6) is -0.416. The summed E-state index contributed by atoms with van der Waals surface area (Å²) in [6.07, 6.45) is 9.27. The van der Waals surface area contributed by atoms with Crippen molar-refractivity contribution in [1.29, 1.82) is 0 Å². The molecule has 0 aromatic heterocycles. The molecule has 2 rings (SSSR count). The third kappa shape index (κ3) is 4.87. The van der Waals surface area contributed by atoms with Gasteiger partial charge in [0.05, 0.1) is 6.10 Å². The van der Waals surface area contributed by atoms with Gasteiger partial charge < -0.3 is 20.7 Å². The second-order valence-electron chi connectivity index (χ2n) is 6.52. The second-order valence-corrected chi connectivity index (χ2v) is 6.52. The first-order valence-corrected chi connectivity index (χ1v) is 8.53. The Morgan fingerprint density at radius 3 is 2.32 bits per heavy atom. The van der Waals surface area contributed by atoms with Gasteiger partial charge in [-0.1, -0.05) is 32.1 Å². The van der Waals surface area contributed by atoms with Crippen LogP contribution in [-0.2, 0) is 9.53 Å². The van der Waals surface area contributed by atoms with Crippen LogP contribution in [0, 0.1) is 0 Å². The van der Waals surface area contributed by atoms with Crippen LogP contribution in [0.5, 0.6) is 0 Å². The van der Waals surface area contributed by atoms with E-state index in [4.69, 9.17) is 10.5 Å². The van der Waals surface area contributed by atoms with Crippen molar-refractivity contribution in [2.45, 2.75) is 76.0 Å². The summed E-state index contributed by atoms with van der Waals surface area (Å²) in [4.78, 5) is 25.2. The van der Waals surface area contributed by atoms with Gasteiger partial charge in [-0.2, -0.15) is 0 Å². The van der Waals surface area contributed by atoms with E-state index in [1.807, 2.05) is 11.9 Å². The van der Waals surface area contributed by atoms with E-state index in [1.165, 1.54) is 32.1 Å². The Hall–Kier alpha value is -1.30. The first-order chi connectivity index (χ1) is 10.6. The minimum Gasteiger partial charge on any atom is -0.367 e. The molecule has 1 saturated carbocycles. The smallest absolute Gasteiger partial charge is 0.317 e. The molecule has 0 unspecified atom stereocenters. The first-order valence-electron chi connectivity index (χ1n) is 8.53. The molecule has 3 amide bonds. The van der Waals surface area contributed by atoms with Crippen LogP contribution < -0.4 is 11.1 Å². The number of carbonyl (C=O) groups is 2. The van der Waals surface area contributed by atoms with Gasteiger partial charge in [-0.05, 0) is 25.7 Å². The Labute approximate surface area is 132 Å². The number of nitrogens with zero attached hydrogens (tertiary/aromatic N) is 1. The van der Waals surface area contributed by atoms with Gasteiger partial charge >= 0.3 is 6.03 Å². The molecule has 0 radical (unpaired) electrons. The summed E-state index contributed by atoms with van der Waals surface area (Å²) in [7, 11) is 1.88. The van der Waals surface area contributed by atoms with Crippen LogP contribution in [0.2, 0.25) is 0 Å². The van der Waals surface area contributed by atoms with E-state index in [0.29, 0.717) is 19.0 Å². The molecule has 22 heavy (non-hydrogen) atoms. The highest BCUT2D eigenvalue weighted by Gasteiger charge is 2.29. The van der Waals surface area contributed by atoms with E-state index in [1.54, 1.807) is 0 Å². The fourth-order valence-corrected chi connectivity index (χ4v) is 3.38. The molecule has 0 aromatic carbocycles. The molecule has 3 N–H and O–H groups in total. The van der Waals surface area contributed by atoms with Gasteiger partial charge in [0.25, 0.3) is 0 Å². The molecule has 2 aliphatic rings. The molecular weight excluding hydrogens is 282 g/mol. The maximum Gasteiger partial charge on any atom is 0.317 e. The zero-order valence-electron chi connectivity index (χ0n) is 13.6. The lowest BCUT2D eigenvalue weighted by atomic mass is 9.96. The van der Waals surface area contributed by atoms with Crippen molar-refractivity contribution in [1.82, 2.24) is 10.2 Å². The monoisotopic (exact) mass is 311 g/mol. The van der Waals surface area contributed by atoms with E-state index in [-0.39, 0.29) is 12.1 Å². The minimum atomic E-state index is -0.495. The van der Waals surface area contributed by atoms with Gasteiger partial charge in [-0.3, -0.25) is 4.79 Å². The summed E-state index contributed by atoms with van der Waals surface area (Å²) >= 11 is 0. The lowest BCUT2D eigenvalue weighted by molar-refractivity contribution is -0.128. The molecule has 126 valence electrons. The van der Waals surface area contributed by atoms with Crippen LogP contribution in [-0.4, -0.2) is 48.7 Å². The lowest BCUT2D eigenvalue weighted by Gasteiger charge is -2.30. The average molecular weight is 311 g/mol. The van der Waals surface area contributed by atoms with Gasteiger partial charge in [0.15, 0.2) is 0 Å². The van der Waals surface area contributed by atoms with Gasteiger partial charge in [0.1, 0.15) is 6.10 Å². The molecule has 1 aliphatic carbocycles. The molecule has 1 heterocycles. The SMILES string of the molecule is CN(C(=O)NC[C@@H]1CC[C@@H](C(N)=O)O1)C1CCCCCCC1. The predicted octanol–water partition coefficient (Wildman–Crippen LogP) is 1.77. The van der Waals surface area contributed by atoms with Crippen molar-refractivity contribution in [2.75, 3.05) is 13.6 Å². The average Bonchev–Trinajstić information content (AvgIpc) is 2.93. The van der Waals surface area contributed by atoms with Crippen molar-refractivity contribution < 1.29 is 14.3 Å². The zero-order valence-corrected chi connectivity index (χ0v) is 13.6. The summed E-state index contributed by atoms with van der Waals surface area (Å²) < 4.78 is 5.53. The quantitative estimate of drug-likeness (QED) is 0.830. The minimum absolute atomic E-state index is 0.0447. The van der Waals surface area contributed by atoms with Gasteiger partial charge in [0, 0.05) is 19.6 Å². The third-order valence-electron chi connectivity index (χ3n) is 4.85. The van der Waals surface area contributed by atoms with Crippen molar-refractivity contribution in [3.63, 3.8) is 0 Å². The van der Waals surface area contributed by atoms with E-state index in [2.05, 4.69) is 5.32 Å². The lowest BCUT2D eigenvalue weighted by Crippen LogP contribution is -2.46. The van der Waals surface area contributed by atoms with Crippen LogP contribution in [0.25, 0.3) is 0 Å². The first kappa shape index (κ1) is 17.1. The van der Waals surface area contributed by atoms with Gasteiger partial charge in [-0.15, -0.1) is 0 Å². The molecule has 6 heteroatoms. The number of amides is 3. The molecule has 1 saturated heterocycles. The molecular formula is C16H29N3O3. The fourth-order valence-electron chi connectivity index (χ4n) is 3.38. The third-order valence-corrected chi connectivity index (χ3v) is 4.85. The van der Waals surface area contributed by atoms with Crippen LogP contribution in [0.4, 0.5) is 4.79 Å². The number of nitrogens with one attached hydrogen (secondary N) is 1. The van der Waals surface area contributed by atoms with E-state index in [0.717, 1.165) is 19.3 Å². The van der Waals surface area contributed by atoms with Crippen molar-refractivity contribution in [3.8, 4) is 0 Å². The number of ether oxygens (including phenoxy) is 1. The highest BCUT2D eigenvalue weighted by Crippen LogP contribution is 2.21. The summed E-state index contributed by atoms with van der Waals surface area (Å²) in [5, 5.41) is 2.93. The molecule has 0 bridgehead atoms. The molecule has 2 fully saturated rings. The number of hydrogen-bond donors (Lipinski definition) is 2. The van der Waals surface area contributed by atoms with Gasteiger partial charge in [0.2, 0.25) is 5.91 Å². The topological polar surface area (TPSA) is 84.7 Å². The number of rotatable bonds is 4. The maximum atomic E-state index is 12.3. The van der Waals surface area contributed by atoms with Crippen LogP contribution in [0.15, 0.2) is 0 Å². The van der Waals surface area contributed by atoms with E-state index in [9.17, 15) is 9.59 Å². The highest BCUT2D eigenvalue weighted by molar-refractivity contribution is 5.79. The molecule has 0 spiro atoms. The molecule has 2 atom stereocenters. The standard InChI is InChI=1S/C16H29N3O3/c1-19(12-7-5-3-2-4-6-8-12)16(21)18-11-13-9-10-14(22-13)15(17)20/h12-14H,2-11H2,1H3,(H2,17,20)(H,18,21)/t13-,14-/m0/s1. The number of urea groups is 1. The Kier molecular flexibility index (Phi) is 6.49. The highest BCUT2D eigenvalue weighted by atomic mass is 16.5. The Morgan fingerprint density at radius 2 is 1.73 bits per heavy atom. The number of hydrogen-bond acceptors (Lipinski definition) is 3. The molecule has 0 aromatic rings. The number of primary amides is 1. The van der Waals surface area contributed by atoms with E-state index >= 15 is 0 Å². The Bertz CT molecular complexity index is 381. The van der Waals surface area contributed by atoms with Crippen LogP contribution >= 0.6 is 0 Å².